The topological polar surface area (TPSA) is 56.5 Å². The van der Waals surface area contributed by atoms with Crippen molar-refractivity contribution in [2.75, 3.05) is 6.61 Å². The molecule has 0 aliphatic rings. The third kappa shape index (κ3) is 1.86. The lowest BCUT2D eigenvalue weighted by Crippen LogP contribution is -2.04. The second-order valence-electron chi connectivity index (χ2n) is 3.24. The van der Waals surface area contributed by atoms with Gasteiger partial charge in [0, 0.05) is 11.9 Å². The van der Waals surface area contributed by atoms with Crippen LogP contribution in [0.1, 0.15) is 23.1 Å². The molecule has 5 nitrogen and oxygen atoms in total. The monoisotopic (exact) mass is 239 g/mol. The number of aryl methyl sites for hydroxylation is 1. The standard InChI is InChI=1S/C10H10ClN3O2/c1-3-16-9(15)7-5-14-6(2)4-8(11)13-10(14)12-7/h4-5H,3H2,1-2H3. The molecule has 2 aromatic rings. The lowest BCUT2D eigenvalue weighted by atomic mass is 10.4. The van der Waals surface area contributed by atoms with Gasteiger partial charge in [0.05, 0.1) is 6.61 Å². The van der Waals surface area contributed by atoms with E-state index in [0.717, 1.165) is 5.69 Å². The van der Waals surface area contributed by atoms with E-state index in [1.165, 1.54) is 0 Å². The molecule has 0 saturated carbocycles. The van der Waals surface area contributed by atoms with Gasteiger partial charge in [0.15, 0.2) is 5.69 Å². The number of halogens is 1. The number of fused-ring (bicyclic) bond motifs is 1. The number of ether oxygens (including phenoxy) is 1. The third-order valence-electron chi connectivity index (χ3n) is 2.09. The summed E-state index contributed by atoms with van der Waals surface area (Å²) >= 11 is 5.79. The van der Waals surface area contributed by atoms with E-state index in [4.69, 9.17) is 16.3 Å². The predicted molar refractivity (Wildman–Crippen MR) is 58.7 cm³/mol. The van der Waals surface area contributed by atoms with Crippen molar-refractivity contribution in [3.05, 3.63) is 28.8 Å². The summed E-state index contributed by atoms with van der Waals surface area (Å²) in [5.74, 6) is -0.0587. The third-order valence-corrected chi connectivity index (χ3v) is 2.28. The Hall–Kier alpha value is -1.62. The predicted octanol–water partition coefficient (Wildman–Crippen LogP) is 1.87. The van der Waals surface area contributed by atoms with Gasteiger partial charge in [0.25, 0.3) is 0 Å². The SMILES string of the molecule is CCOC(=O)c1cn2c(C)cc(Cl)nc2n1. The van der Waals surface area contributed by atoms with E-state index in [1.807, 2.05) is 6.92 Å². The van der Waals surface area contributed by atoms with E-state index in [9.17, 15) is 4.79 Å². The van der Waals surface area contributed by atoms with Gasteiger partial charge in [-0.15, -0.1) is 0 Å². The summed E-state index contributed by atoms with van der Waals surface area (Å²) in [5, 5.41) is 0.353. The van der Waals surface area contributed by atoms with Crippen LogP contribution in [0.4, 0.5) is 0 Å². The number of nitrogens with zero attached hydrogens (tertiary/aromatic N) is 3. The maximum atomic E-state index is 11.5. The number of hydrogen-bond donors (Lipinski definition) is 0. The van der Waals surface area contributed by atoms with Crippen LogP contribution in [0.5, 0.6) is 0 Å². The van der Waals surface area contributed by atoms with E-state index in [2.05, 4.69) is 9.97 Å². The Labute approximate surface area is 97.0 Å². The van der Waals surface area contributed by atoms with Gasteiger partial charge in [-0.2, -0.15) is 0 Å². The first-order valence-electron chi connectivity index (χ1n) is 4.81. The highest BCUT2D eigenvalue weighted by Gasteiger charge is 2.13. The van der Waals surface area contributed by atoms with Gasteiger partial charge < -0.3 is 4.74 Å². The van der Waals surface area contributed by atoms with Gasteiger partial charge in [0.1, 0.15) is 5.15 Å². The molecular weight excluding hydrogens is 230 g/mol. The molecule has 84 valence electrons. The van der Waals surface area contributed by atoms with E-state index < -0.39 is 5.97 Å². The van der Waals surface area contributed by atoms with Gasteiger partial charge in [-0.1, -0.05) is 11.6 Å². The average molecular weight is 240 g/mol. The smallest absolute Gasteiger partial charge is 0.358 e. The van der Waals surface area contributed by atoms with Crippen molar-refractivity contribution in [2.24, 2.45) is 0 Å². The van der Waals surface area contributed by atoms with Crippen LogP contribution in [0, 0.1) is 6.92 Å². The van der Waals surface area contributed by atoms with Crippen molar-refractivity contribution in [1.29, 1.82) is 0 Å². The molecule has 2 aromatic heterocycles. The van der Waals surface area contributed by atoms with Gasteiger partial charge in [-0.05, 0) is 19.9 Å². The second-order valence-corrected chi connectivity index (χ2v) is 3.62. The minimum absolute atomic E-state index is 0.236. The van der Waals surface area contributed by atoms with Crippen molar-refractivity contribution in [3.8, 4) is 0 Å². The molecular formula is C10H10ClN3O2. The van der Waals surface area contributed by atoms with Crippen LogP contribution >= 0.6 is 11.6 Å². The summed E-state index contributed by atoms with van der Waals surface area (Å²) in [7, 11) is 0. The number of hydrogen-bond acceptors (Lipinski definition) is 4. The first-order chi connectivity index (χ1) is 7.61. The fourth-order valence-electron chi connectivity index (χ4n) is 1.38. The van der Waals surface area contributed by atoms with E-state index >= 15 is 0 Å². The summed E-state index contributed by atoms with van der Waals surface area (Å²) in [6.07, 6.45) is 1.59. The number of esters is 1. The first-order valence-corrected chi connectivity index (χ1v) is 5.19. The van der Waals surface area contributed by atoms with Crippen molar-refractivity contribution >= 4 is 23.3 Å². The highest BCUT2D eigenvalue weighted by Crippen LogP contribution is 2.12. The molecule has 0 atom stereocenters. The summed E-state index contributed by atoms with van der Waals surface area (Å²) < 4.78 is 6.54. The Kier molecular flexibility index (Phi) is 2.78. The molecule has 0 unspecified atom stereocenters. The number of carbonyl (C=O) groups excluding carboxylic acids is 1. The van der Waals surface area contributed by atoms with Crippen LogP contribution in [0.15, 0.2) is 12.3 Å². The molecule has 0 aliphatic carbocycles. The molecule has 0 spiro atoms. The molecule has 2 heterocycles. The number of carbonyl (C=O) groups is 1. The fraction of sp³-hybridized carbons (Fsp3) is 0.300. The molecule has 6 heteroatoms. The zero-order valence-electron chi connectivity index (χ0n) is 8.90. The molecule has 2 rings (SSSR count). The normalized spacial score (nSPS) is 10.7. The Balaban J connectivity index is 2.51. The van der Waals surface area contributed by atoms with Gasteiger partial charge >= 0.3 is 5.97 Å². The number of rotatable bonds is 2. The molecule has 0 aromatic carbocycles. The molecule has 0 fully saturated rings. The molecule has 0 radical (unpaired) electrons. The molecule has 16 heavy (non-hydrogen) atoms. The van der Waals surface area contributed by atoms with Crippen LogP contribution < -0.4 is 0 Å². The minimum Gasteiger partial charge on any atom is -0.461 e. The van der Waals surface area contributed by atoms with E-state index in [-0.39, 0.29) is 5.69 Å². The number of aromatic nitrogens is 3. The van der Waals surface area contributed by atoms with Gasteiger partial charge in [-0.25, -0.2) is 14.8 Å². The Bertz CT molecular complexity index is 550. The maximum absolute atomic E-state index is 11.5. The summed E-state index contributed by atoms with van der Waals surface area (Å²) in [6, 6.07) is 1.70. The number of imidazole rings is 1. The average Bonchev–Trinajstić information content (AvgIpc) is 2.62. The Morgan fingerprint density at radius 1 is 1.56 bits per heavy atom. The highest BCUT2D eigenvalue weighted by molar-refractivity contribution is 6.29. The molecule has 0 saturated heterocycles. The van der Waals surface area contributed by atoms with Crippen LogP contribution in [-0.4, -0.2) is 26.9 Å². The van der Waals surface area contributed by atoms with Crippen LogP contribution in [0.3, 0.4) is 0 Å². The van der Waals surface area contributed by atoms with Crippen LogP contribution in [0.2, 0.25) is 5.15 Å². The lowest BCUT2D eigenvalue weighted by Gasteiger charge is -1.97. The maximum Gasteiger partial charge on any atom is 0.358 e. The van der Waals surface area contributed by atoms with E-state index in [1.54, 1.807) is 23.6 Å². The largest absolute Gasteiger partial charge is 0.461 e. The van der Waals surface area contributed by atoms with Crippen molar-refractivity contribution in [2.45, 2.75) is 13.8 Å². The quantitative estimate of drug-likeness (QED) is 0.593. The zero-order valence-corrected chi connectivity index (χ0v) is 9.65. The highest BCUT2D eigenvalue weighted by atomic mass is 35.5. The molecule has 0 aliphatic heterocycles. The molecule has 0 amide bonds. The minimum atomic E-state index is -0.455. The van der Waals surface area contributed by atoms with Crippen molar-refractivity contribution < 1.29 is 9.53 Å². The van der Waals surface area contributed by atoms with Gasteiger partial charge in [0.2, 0.25) is 5.78 Å². The second kappa shape index (κ2) is 4.09. The lowest BCUT2D eigenvalue weighted by molar-refractivity contribution is 0.0520. The van der Waals surface area contributed by atoms with Gasteiger partial charge in [-0.3, -0.25) is 4.40 Å². The summed E-state index contributed by atoms with van der Waals surface area (Å²) in [5.41, 5.74) is 1.10. The van der Waals surface area contributed by atoms with Crippen LogP contribution in [-0.2, 0) is 4.74 Å². The Morgan fingerprint density at radius 3 is 3.00 bits per heavy atom. The van der Waals surface area contributed by atoms with E-state index in [0.29, 0.717) is 17.5 Å². The summed E-state index contributed by atoms with van der Waals surface area (Å²) in [6.45, 7) is 3.92. The zero-order chi connectivity index (χ0) is 11.7. The molecule has 0 bridgehead atoms. The molecule has 0 N–H and O–H groups in total. The van der Waals surface area contributed by atoms with Crippen LogP contribution in [0.25, 0.3) is 5.78 Å². The fourth-order valence-corrected chi connectivity index (χ4v) is 1.62. The van der Waals surface area contributed by atoms with Crippen molar-refractivity contribution in [3.63, 3.8) is 0 Å². The first kappa shape index (κ1) is 10.9. The summed E-state index contributed by atoms with van der Waals surface area (Å²) in [4.78, 5) is 19.5. The Morgan fingerprint density at radius 2 is 2.31 bits per heavy atom. The van der Waals surface area contributed by atoms with Crippen molar-refractivity contribution in [1.82, 2.24) is 14.4 Å².